The molecule has 1 aromatic carbocycles. The van der Waals surface area contributed by atoms with Crippen LogP contribution in [0.5, 0.6) is 0 Å². The van der Waals surface area contributed by atoms with E-state index in [0.717, 1.165) is 55.1 Å². The van der Waals surface area contributed by atoms with Crippen LogP contribution in [0.25, 0.3) is 0 Å². The SMILES string of the molecule is Cc1nn(C)c(C)c1CCC(=O)N1CCCN(CC(C)C)CCCN(C(=O)CC(C)C)c2ccc(F)cc2C1. The van der Waals surface area contributed by atoms with Crippen molar-refractivity contribution in [1.82, 2.24) is 19.6 Å². The fourth-order valence-corrected chi connectivity index (χ4v) is 5.60. The number of nitrogens with zero attached hydrogens (tertiary/aromatic N) is 5. The molecule has 2 heterocycles. The van der Waals surface area contributed by atoms with Gasteiger partial charge in [-0.05, 0) is 87.4 Å². The molecule has 0 N–H and O–H groups in total. The molecule has 3 rings (SSSR count). The summed E-state index contributed by atoms with van der Waals surface area (Å²) in [6.45, 7) is 16.7. The van der Waals surface area contributed by atoms with Crippen LogP contribution >= 0.6 is 0 Å². The summed E-state index contributed by atoms with van der Waals surface area (Å²) in [7, 11) is 1.92. The van der Waals surface area contributed by atoms with Crippen LogP contribution in [0.2, 0.25) is 0 Å². The minimum absolute atomic E-state index is 0.0420. The second-order valence-corrected chi connectivity index (χ2v) is 11.9. The van der Waals surface area contributed by atoms with Crippen LogP contribution in [0.3, 0.4) is 0 Å². The van der Waals surface area contributed by atoms with Gasteiger partial charge >= 0.3 is 0 Å². The van der Waals surface area contributed by atoms with E-state index < -0.39 is 0 Å². The number of halogens is 1. The summed E-state index contributed by atoms with van der Waals surface area (Å²) in [5.74, 6) is 0.488. The van der Waals surface area contributed by atoms with E-state index in [1.165, 1.54) is 12.1 Å². The standard InChI is InChI=1S/C31H48FN5O2/c1-22(2)18-31(39)37-17-9-15-35(20-23(3)4)14-8-16-36(21-26-19-27(32)10-12-29(26)37)30(38)13-11-28-24(5)33-34(7)25(28)6/h10,12,19,22-23H,8-9,11,13-18,20-21H2,1-7H3. The summed E-state index contributed by atoms with van der Waals surface area (Å²) in [4.78, 5) is 33.2. The lowest BCUT2D eigenvalue weighted by Gasteiger charge is -2.32. The summed E-state index contributed by atoms with van der Waals surface area (Å²) >= 11 is 0. The number of anilines is 1. The Balaban J connectivity index is 1.92. The number of amides is 2. The molecule has 8 heteroatoms. The average molecular weight is 542 g/mol. The van der Waals surface area contributed by atoms with Crippen molar-refractivity contribution in [2.24, 2.45) is 18.9 Å². The van der Waals surface area contributed by atoms with Crippen molar-refractivity contribution in [2.45, 2.75) is 80.2 Å². The Morgan fingerprint density at radius 2 is 1.67 bits per heavy atom. The summed E-state index contributed by atoms with van der Waals surface area (Å²) in [5, 5.41) is 4.49. The Bertz CT molecular complexity index is 1130. The highest BCUT2D eigenvalue weighted by Crippen LogP contribution is 2.27. The van der Waals surface area contributed by atoms with Crippen molar-refractivity contribution < 1.29 is 14.0 Å². The molecule has 39 heavy (non-hydrogen) atoms. The second kappa shape index (κ2) is 14.1. The first kappa shape index (κ1) is 30.8. The molecular formula is C31H48FN5O2. The zero-order valence-electron chi connectivity index (χ0n) is 25.1. The number of fused-ring (bicyclic) bond motifs is 1. The predicted molar refractivity (Wildman–Crippen MR) is 155 cm³/mol. The van der Waals surface area contributed by atoms with E-state index in [1.54, 1.807) is 6.07 Å². The molecule has 0 fully saturated rings. The van der Waals surface area contributed by atoms with Gasteiger partial charge in [0.15, 0.2) is 0 Å². The van der Waals surface area contributed by atoms with Crippen LogP contribution in [0, 0.1) is 31.5 Å². The highest BCUT2D eigenvalue weighted by Gasteiger charge is 2.24. The first-order valence-corrected chi connectivity index (χ1v) is 14.5. The van der Waals surface area contributed by atoms with Crippen LogP contribution in [-0.2, 0) is 29.6 Å². The number of hydrogen-bond donors (Lipinski definition) is 0. The van der Waals surface area contributed by atoms with Crippen LogP contribution in [0.15, 0.2) is 18.2 Å². The maximum Gasteiger partial charge on any atom is 0.227 e. The molecule has 0 atom stereocenters. The van der Waals surface area contributed by atoms with Crippen LogP contribution in [-0.4, -0.2) is 64.1 Å². The third-order valence-electron chi connectivity index (χ3n) is 7.56. The Kier molecular flexibility index (Phi) is 11.1. The number of aryl methyl sites for hydroxylation is 2. The number of aromatic nitrogens is 2. The van der Waals surface area contributed by atoms with Gasteiger partial charge < -0.3 is 14.7 Å². The lowest BCUT2D eigenvalue weighted by molar-refractivity contribution is -0.131. The highest BCUT2D eigenvalue weighted by molar-refractivity contribution is 5.94. The molecule has 2 aromatic rings. The Labute approximate surface area is 234 Å². The maximum atomic E-state index is 14.5. The third kappa shape index (κ3) is 8.62. The molecule has 0 saturated heterocycles. The van der Waals surface area contributed by atoms with Crippen molar-refractivity contribution in [3.8, 4) is 0 Å². The molecule has 0 saturated carbocycles. The zero-order chi connectivity index (χ0) is 28.7. The Morgan fingerprint density at radius 3 is 2.28 bits per heavy atom. The average Bonchev–Trinajstić information content (AvgIpc) is 3.08. The van der Waals surface area contributed by atoms with E-state index in [0.29, 0.717) is 43.8 Å². The summed E-state index contributed by atoms with van der Waals surface area (Å²) in [6, 6.07) is 4.63. The lowest BCUT2D eigenvalue weighted by atomic mass is 10.0. The molecule has 1 aromatic heterocycles. The first-order valence-electron chi connectivity index (χ1n) is 14.5. The molecule has 1 aliphatic rings. The second-order valence-electron chi connectivity index (χ2n) is 11.9. The van der Waals surface area contributed by atoms with Crippen molar-refractivity contribution in [2.75, 3.05) is 37.6 Å². The summed E-state index contributed by atoms with van der Waals surface area (Å²) < 4.78 is 16.4. The molecule has 0 bridgehead atoms. The van der Waals surface area contributed by atoms with Gasteiger partial charge in [0.05, 0.1) is 5.69 Å². The normalized spacial score (nSPS) is 15.8. The van der Waals surface area contributed by atoms with Gasteiger partial charge in [-0.3, -0.25) is 14.3 Å². The molecule has 7 nitrogen and oxygen atoms in total. The zero-order valence-corrected chi connectivity index (χ0v) is 25.1. The molecule has 1 aliphatic heterocycles. The van der Waals surface area contributed by atoms with Gasteiger partial charge in [0.1, 0.15) is 5.82 Å². The molecule has 216 valence electrons. The monoisotopic (exact) mass is 541 g/mol. The van der Waals surface area contributed by atoms with Gasteiger partial charge in [0.25, 0.3) is 0 Å². The van der Waals surface area contributed by atoms with Gasteiger partial charge in [0.2, 0.25) is 11.8 Å². The topological polar surface area (TPSA) is 61.7 Å². The van der Waals surface area contributed by atoms with Crippen molar-refractivity contribution in [3.63, 3.8) is 0 Å². The highest BCUT2D eigenvalue weighted by atomic mass is 19.1. The van der Waals surface area contributed by atoms with Gasteiger partial charge in [0, 0.05) is 57.4 Å². The van der Waals surface area contributed by atoms with Crippen molar-refractivity contribution >= 4 is 17.5 Å². The van der Waals surface area contributed by atoms with Crippen LogP contribution in [0.1, 0.15) is 75.9 Å². The molecule has 2 amide bonds. The van der Waals surface area contributed by atoms with Crippen LogP contribution < -0.4 is 4.90 Å². The van der Waals surface area contributed by atoms with Gasteiger partial charge in [-0.15, -0.1) is 0 Å². The number of hydrogen-bond acceptors (Lipinski definition) is 4. The molecule has 0 radical (unpaired) electrons. The van der Waals surface area contributed by atoms with E-state index in [2.05, 4.69) is 23.8 Å². The minimum atomic E-state index is -0.353. The molecule has 0 spiro atoms. The van der Waals surface area contributed by atoms with Gasteiger partial charge in [-0.1, -0.05) is 27.7 Å². The van der Waals surface area contributed by atoms with Gasteiger partial charge in [-0.25, -0.2) is 4.39 Å². The number of benzene rings is 1. The number of rotatable bonds is 7. The largest absolute Gasteiger partial charge is 0.338 e. The quantitative estimate of drug-likeness (QED) is 0.479. The van der Waals surface area contributed by atoms with E-state index >= 15 is 0 Å². The fourth-order valence-electron chi connectivity index (χ4n) is 5.60. The van der Waals surface area contributed by atoms with Crippen LogP contribution in [0.4, 0.5) is 10.1 Å². The smallest absolute Gasteiger partial charge is 0.227 e. The van der Waals surface area contributed by atoms with E-state index in [-0.39, 0.29) is 30.1 Å². The fraction of sp³-hybridized carbons (Fsp3) is 0.645. The Hall–Kier alpha value is -2.74. The predicted octanol–water partition coefficient (Wildman–Crippen LogP) is 5.27. The number of carbonyl (C=O) groups excluding carboxylic acids is 2. The van der Waals surface area contributed by atoms with E-state index in [1.807, 2.05) is 49.2 Å². The van der Waals surface area contributed by atoms with E-state index in [9.17, 15) is 14.0 Å². The summed E-state index contributed by atoms with van der Waals surface area (Å²) in [6.07, 6.45) is 3.11. The Morgan fingerprint density at radius 1 is 0.974 bits per heavy atom. The first-order chi connectivity index (χ1) is 18.5. The molecule has 0 aliphatic carbocycles. The molecular weight excluding hydrogens is 493 g/mol. The lowest BCUT2D eigenvalue weighted by Crippen LogP contribution is -2.40. The minimum Gasteiger partial charge on any atom is -0.338 e. The van der Waals surface area contributed by atoms with E-state index in [4.69, 9.17) is 0 Å². The van der Waals surface area contributed by atoms with Crippen molar-refractivity contribution in [1.29, 1.82) is 0 Å². The van der Waals surface area contributed by atoms with Gasteiger partial charge in [-0.2, -0.15) is 5.10 Å². The maximum absolute atomic E-state index is 14.5. The summed E-state index contributed by atoms with van der Waals surface area (Å²) in [5.41, 5.74) is 4.54. The molecule has 0 unspecified atom stereocenters. The number of carbonyl (C=O) groups is 2. The third-order valence-corrected chi connectivity index (χ3v) is 7.56. The van der Waals surface area contributed by atoms with Crippen molar-refractivity contribution in [3.05, 3.63) is 46.5 Å².